The van der Waals surface area contributed by atoms with Crippen LogP contribution in [0, 0.1) is 17.2 Å². The largest absolute Gasteiger partial charge is 0.477 e. The summed E-state index contributed by atoms with van der Waals surface area (Å²) in [6.07, 6.45) is -0.881. The van der Waals surface area contributed by atoms with E-state index in [1.807, 2.05) is 6.07 Å². The number of rotatable bonds is 5. The summed E-state index contributed by atoms with van der Waals surface area (Å²) in [5, 5.41) is 29.8. The van der Waals surface area contributed by atoms with Crippen molar-refractivity contribution in [1.82, 2.24) is 10.2 Å². The molecule has 2 amide bonds. The molecule has 1 saturated heterocycles. The summed E-state index contributed by atoms with van der Waals surface area (Å²) in [4.78, 5) is 37.5. The zero-order valence-electron chi connectivity index (χ0n) is 13.7. The Hall–Kier alpha value is -2.83. The number of carboxylic acid groups (broad SMARTS) is 1. The second-order valence-electron chi connectivity index (χ2n) is 5.89. The molecule has 0 aliphatic carbocycles. The molecule has 1 aromatic carbocycles. The van der Waals surface area contributed by atoms with Crippen molar-refractivity contribution in [3.63, 3.8) is 0 Å². The minimum atomic E-state index is -1.24. The standard InChI is InChI=1S/C17H15N3O5S/c1-8(21)11-15(23)20-12(17(24)25)13(26-16(11)20)9-3-2-4-10(7-9)14(22)19-6-5-18/h2-4,7-8,11,16,21H,6H2,1H3,(H,19,22)(H,24,25)/t8-,11+,16-/m1/s1. The summed E-state index contributed by atoms with van der Waals surface area (Å²) in [5.74, 6) is -2.77. The van der Waals surface area contributed by atoms with Crippen LogP contribution in [-0.4, -0.2) is 50.9 Å². The van der Waals surface area contributed by atoms with E-state index in [9.17, 15) is 24.6 Å². The van der Waals surface area contributed by atoms with Crippen molar-refractivity contribution in [3.05, 3.63) is 41.1 Å². The summed E-state index contributed by atoms with van der Waals surface area (Å²) in [5.41, 5.74) is 0.628. The molecule has 0 spiro atoms. The Morgan fingerprint density at radius 3 is 2.81 bits per heavy atom. The van der Waals surface area contributed by atoms with Crippen molar-refractivity contribution < 1.29 is 24.6 Å². The maximum atomic E-state index is 12.2. The predicted octanol–water partition coefficient (Wildman–Crippen LogP) is 0.605. The van der Waals surface area contributed by atoms with Crippen LogP contribution < -0.4 is 5.32 Å². The van der Waals surface area contributed by atoms with Crippen LogP contribution in [0.1, 0.15) is 22.8 Å². The maximum absolute atomic E-state index is 12.2. The number of carbonyl (C=O) groups excluding carboxylic acids is 2. The topological polar surface area (TPSA) is 131 Å². The summed E-state index contributed by atoms with van der Waals surface area (Å²) in [7, 11) is 0. The molecule has 2 heterocycles. The highest BCUT2D eigenvalue weighted by Gasteiger charge is 2.57. The minimum Gasteiger partial charge on any atom is -0.477 e. The SMILES string of the molecule is C[C@@H](O)[C@H]1C(=O)N2C(C(=O)O)=C(c3cccc(C(=O)NCC#N)c3)S[C@H]12. The molecular weight excluding hydrogens is 358 g/mol. The fourth-order valence-corrected chi connectivity index (χ4v) is 4.62. The summed E-state index contributed by atoms with van der Waals surface area (Å²) < 4.78 is 0. The number of carbonyl (C=O) groups is 3. The molecule has 134 valence electrons. The number of aliphatic carboxylic acids is 1. The van der Waals surface area contributed by atoms with Gasteiger partial charge in [0.15, 0.2) is 0 Å². The van der Waals surface area contributed by atoms with Crippen molar-refractivity contribution in [2.75, 3.05) is 6.54 Å². The molecule has 3 rings (SSSR count). The molecule has 0 radical (unpaired) electrons. The van der Waals surface area contributed by atoms with Gasteiger partial charge in [-0.05, 0) is 24.6 Å². The van der Waals surface area contributed by atoms with Crippen LogP contribution >= 0.6 is 11.8 Å². The Bertz CT molecular complexity index is 873. The predicted molar refractivity (Wildman–Crippen MR) is 92.3 cm³/mol. The number of nitriles is 1. The number of amides is 2. The summed E-state index contributed by atoms with van der Waals surface area (Å²) in [6.45, 7) is 1.36. The van der Waals surface area contributed by atoms with Crippen molar-refractivity contribution in [1.29, 1.82) is 5.26 Å². The Labute approximate surface area is 153 Å². The Kier molecular flexibility index (Phi) is 4.71. The van der Waals surface area contributed by atoms with E-state index in [0.29, 0.717) is 10.5 Å². The van der Waals surface area contributed by atoms with Crippen LogP contribution in [-0.2, 0) is 9.59 Å². The number of hydrogen-bond donors (Lipinski definition) is 3. The van der Waals surface area contributed by atoms with Gasteiger partial charge in [-0.1, -0.05) is 23.9 Å². The van der Waals surface area contributed by atoms with Crippen LogP contribution in [0.3, 0.4) is 0 Å². The van der Waals surface area contributed by atoms with Gasteiger partial charge >= 0.3 is 5.97 Å². The van der Waals surface area contributed by atoms with Crippen LogP contribution in [0.2, 0.25) is 0 Å². The number of aliphatic hydroxyl groups excluding tert-OH is 1. The highest BCUT2D eigenvalue weighted by atomic mass is 32.2. The molecule has 0 aromatic heterocycles. The molecule has 26 heavy (non-hydrogen) atoms. The van der Waals surface area contributed by atoms with Gasteiger partial charge in [0.05, 0.1) is 18.1 Å². The van der Waals surface area contributed by atoms with Gasteiger partial charge in [-0.25, -0.2) is 4.79 Å². The highest BCUT2D eigenvalue weighted by molar-refractivity contribution is 8.09. The molecule has 8 nitrogen and oxygen atoms in total. The summed E-state index contributed by atoms with van der Waals surface area (Å²) >= 11 is 1.19. The molecule has 0 bridgehead atoms. The van der Waals surface area contributed by atoms with Gasteiger partial charge in [-0.2, -0.15) is 5.26 Å². The second-order valence-corrected chi connectivity index (χ2v) is 7.01. The number of fused-ring (bicyclic) bond motifs is 1. The van der Waals surface area contributed by atoms with Gasteiger partial charge in [0.25, 0.3) is 5.91 Å². The van der Waals surface area contributed by atoms with E-state index in [1.54, 1.807) is 18.2 Å². The first-order valence-electron chi connectivity index (χ1n) is 7.77. The number of nitrogens with zero attached hydrogens (tertiary/aromatic N) is 2. The average molecular weight is 373 g/mol. The lowest BCUT2D eigenvalue weighted by atomic mass is 9.92. The number of benzene rings is 1. The fraction of sp³-hybridized carbons (Fsp3) is 0.294. The van der Waals surface area contributed by atoms with E-state index in [-0.39, 0.29) is 17.8 Å². The maximum Gasteiger partial charge on any atom is 0.353 e. The van der Waals surface area contributed by atoms with E-state index >= 15 is 0 Å². The monoisotopic (exact) mass is 373 g/mol. The molecule has 2 aliphatic heterocycles. The molecule has 0 saturated carbocycles. The number of nitrogens with one attached hydrogen (secondary N) is 1. The molecular formula is C17H15N3O5S. The zero-order chi connectivity index (χ0) is 19.0. The van der Waals surface area contributed by atoms with E-state index < -0.39 is 35.2 Å². The third-order valence-electron chi connectivity index (χ3n) is 4.22. The van der Waals surface area contributed by atoms with Gasteiger partial charge in [0.2, 0.25) is 5.91 Å². The van der Waals surface area contributed by atoms with Crippen LogP contribution in [0.5, 0.6) is 0 Å². The molecule has 0 unspecified atom stereocenters. The first kappa shape index (κ1) is 18.0. The third kappa shape index (κ3) is 2.83. The fourth-order valence-electron chi connectivity index (χ4n) is 3.01. The lowest BCUT2D eigenvalue weighted by Crippen LogP contribution is -2.60. The smallest absolute Gasteiger partial charge is 0.353 e. The van der Waals surface area contributed by atoms with Crippen LogP contribution in [0.25, 0.3) is 4.91 Å². The lowest BCUT2D eigenvalue weighted by molar-refractivity contribution is -0.156. The summed E-state index contributed by atoms with van der Waals surface area (Å²) in [6, 6.07) is 8.14. The van der Waals surface area contributed by atoms with Crippen molar-refractivity contribution in [2.24, 2.45) is 5.92 Å². The first-order chi connectivity index (χ1) is 12.4. The number of aliphatic hydroxyl groups is 1. The van der Waals surface area contributed by atoms with Crippen molar-refractivity contribution in [2.45, 2.75) is 18.4 Å². The van der Waals surface area contributed by atoms with E-state index in [4.69, 9.17) is 5.26 Å². The molecule has 1 aromatic rings. The Morgan fingerprint density at radius 2 is 2.19 bits per heavy atom. The number of β-lactam (4-membered cyclic amide) rings is 1. The zero-order valence-corrected chi connectivity index (χ0v) is 14.5. The van der Waals surface area contributed by atoms with Crippen molar-refractivity contribution in [3.8, 4) is 6.07 Å². The number of carboxylic acids is 1. The lowest BCUT2D eigenvalue weighted by Gasteiger charge is -2.43. The Balaban J connectivity index is 1.96. The van der Waals surface area contributed by atoms with Gasteiger partial charge in [0.1, 0.15) is 17.6 Å². The Morgan fingerprint density at radius 1 is 1.46 bits per heavy atom. The molecule has 3 N–H and O–H groups in total. The third-order valence-corrected chi connectivity index (χ3v) is 5.63. The second kappa shape index (κ2) is 6.82. The van der Waals surface area contributed by atoms with E-state index in [0.717, 1.165) is 0 Å². The van der Waals surface area contributed by atoms with Crippen molar-refractivity contribution >= 4 is 34.5 Å². The first-order valence-corrected chi connectivity index (χ1v) is 8.65. The minimum absolute atomic E-state index is 0.138. The van der Waals surface area contributed by atoms with Gasteiger partial charge in [-0.15, -0.1) is 0 Å². The highest BCUT2D eigenvalue weighted by Crippen LogP contribution is 2.53. The normalized spacial score (nSPS) is 22.3. The van der Waals surface area contributed by atoms with E-state index in [1.165, 1.54) is 29.7 Å². The van der Waals surface area contributed by atoms with Gasteiger partial charge in [-0.3, -0.25) is 14.5 Å². The molecule has 1 fully saturated rings. The number of hydrogen-bond acceptors (Lipinski definition) is 6. The van der Waals surface area contributed by atoms with Crippen LogP contribution in [0.15, 0.2) is 30.0 Å². The average Bonchev–Trinajstić information content (AvgIpc) is 2.94. The van der Waals surface area contributed by atoms with Crippen LogP contribution in [0.4, 0.5) is 0 Å². The van der Waals surface area contributed by atoms with Gasteiger partial charge < -0.3 is 15.5 Å². The molecule has 2 aliphatic rings. The van der Waals surface area contributed by atoms with E-state index in [2.05, 4.69) is 5.32 Å². The quantitative estimate of drug-likeness (QED) is 0.509. The molecule has 9 heteroatoms. The number of thioether (sulfide) groups is 1. The molecule has 3 atom stereocenters. The van der Waals surface area contributed by atoms with Gasteiger partial charge in [0, 0.05) is 10.5 Å².